The van der Waals surface area contributed by atoms with Crippen LogP contribution >= 0.6 is 0 Å². The molecule has 3 N–H and O–H groups in total. The van der Waals surface area contributed by atoms with Gasteiger partial charge < -0.3 is 20.7 Å². The van der Waals surface area contributed by atoms with Crippen LogP contribution in [0.1, 0.15) is 28.4 Å². The van der Waals surface area contributed by atoms with Crippen molar-refractivity contribution in [2.45, 2.75) is 19.0 Å². The van der Waals surface area contributed by atoms with Crippen molar-refractivity contribution >= 4 is 29.4 Å². The molecule has 30 heavy (non-hydrogen) atoms. The van der Waals surface area contributed by atoms with Gasteiger partial charge in [0.25, 0.3) is 11.8 Å². The highest BCUT2D eigenvalue weighted by atomic mass is 16.5. The predicted octanol–water partition coefficient (Wildman–Crippen LogP) is 1.34. The van der Waals surface area contributed by atoms with Crippen molar-refractivity contribution in [2.75, 3.05) is 19.0 Å². The van der Waals surface area contributed by atoms with E-state index in [4.69, 9.17) is 4.74 Å². The molecule has 0 bridgehead atoms. The second kappa shape index (κ2) is 7.18. The molecule has 9 heteroatoms. The quantitative estimate of drug-likeness (QED) is 0.646. The largest absolute Gasteiger partial charge is 0.497 e. The molecular formula is C21H20N4O5. The Hall–Kier alpha value is -3.88. The lowest BCUT2D eigenvalue weighted by molar-refractivity contribution is -0.133. The summed E-state index contributed by atoms with van der Waals surface area (Å²) in [6.07, 6.45) is 0. The lowest BCUT2D eigenvalue weighted by Crippen LogP contribution is -2.42. The van der Waals surface area contributed by atoms with Crippen molar-refractivity contribution in [3.05, 3.63) is 59.2 Å². The van der Waals surface area contributed by atoms with Crippen molar-refractivity contribution < 1.29 is 23.9 Å². The van der Waals surface area contributed by atoms with E-state index in [-0.39, 0.29) is 5.91 Å². The van der Waals surface area contributed by atoms with Gasteiger partial charge in [0.15, 0.2) is 0 Å². The molecular weight excluding hydrogens is 388 g/mol. The maximum Gasteiger partial charge on any atom is 0.325 e. The molecule has 9 nitrogen and oxygen atoms in total. The first-order valence-electron chi connectivity index (χ1n) is 9.31. The van der Waals surface area contributed by atoms with E-state index in [1.807, 2.05) is 0 Å². The predicted molar refractivity (Wildman–Crippen MR) is 107 cm³/mol. The number of benzene rings is 2. The monoisotopic (exact) mass is 408 g/mol. The topological polar surface area (TPSA) is 117 Å². The van der Waals surface area contributed by atoms with Crippen LogP contribution in [-0.4, -0.2) is 42.3 Å². The molecule has 154 valence electrons. The summed E-state index contributed by atoms with van der Waals surface area (Å²) in [5, 5.41) is 7.99. The number of anilines is 1. The number of carbonyl (C=O) groups excluding carboxylic acids is 4. The molecule has 2 aromatic rings. The van der Waals surface area contributed by atoms with E-state index in [1.54, 1.807) is 49.4 Å². The highest BCUT2D eigenvalue weighted by Crippen LogP contribution is 2.30. The number of ether oxygens (including phenoxy) is 1. The van der Waals surface area contributed by atoms with E-state index >= 15 is 0 Å². The third kappa shape index (κ3) is 3.24. The number of rotatable bonds is 5. The van der Waals surface area contributed by atoms with Crippen LogP contribution in [0.15, 0.2) is 42.5 Å². The van der Waals surface area contributed by atoms with E-state index in [9.17, 15) is 19.2 Å². The van der Waals surface area contributed by atoms with Gasteiger partial charge in [-0.2, -0.15) is 0 Å². The molecule has 0 radical (unpaired) electrons. The summed E-state index contributed by atoms with van der Waals surface area (Å²) in [6.45, 7) is 1.60. The Morgan fingerprint density at radius 3 is 2.60 bits per heavy atom. The number of nitrogens with zero attached hydrogens (tertiary/aromatic N) is 1. The normalized spacial score (nSPS) is 19.9. The Balaban J connectivity index is 1.47. The van der Waals surface area contributed by atoms with E-state index in [2.05, 4.69) is 16.0 Å². The van der Waals surface area contributed by atoms with Crippen molar-refractivity contribution in [3.63, 3.8) is 0 Å². The van der Waals surface area contributed by atoms with Crippen LogP contribution in [0.5, 0.6) is 5.75 Å². The minimum atomic E-state index is -1.28. The Morgan fingerprint density at radius 2 is 1.90 bits per heavy atom. The highest BCUT2D eigenvalue weighted by Gasteiger charge is 2.49. The van der Waals surface area contributed by atoms with Crippen LogP contribution in [0.3, 0.4) is 0 Å². The number of methoxy groups -OCH3 is 1. The third-order valence-electron chi connectivity index (χ3n) is 5.32. The summed E-state index contributed by atoms with van der Waals surface area (Å²) in [5.74, 6) is -0.652. The Labute approximate surface area is 172 Å². The summed E-state index contributed by atoms with van der Waals surface area (Å²) in [4.78, 5) is 50.5. The number of nitrogens with one attached hydrogen (secondary N) is 3. The molecule has 0 aromatic heterocycles. The zero-order valence-corrected chi connectivity index (χ0v) is 16.4. The average molecular weight is 408 g/mol. The minimum Gasteiger partial charge on any atom is -0.497 e. The fraction of sp³-hybridized carbons (Fsp3) is 0.238. The van der Waals surface area contributed by atoms with Gasteiger partial charge in [0.1, 0.15) is 17.8 Å². The number of imide groups is 1. The summed E-state index contributed by atoms with van der Waals surface area (Å²) < 4.78 is 5.12. The van der Waals surface area contributed by atoms with Gasteiger partial charge in [-0.15, -0.1) is 0 Å². The molecule has 1 unspecified atom stereocenters. The van der Waals surface area contributed by atoms with Crippen LogP contribution in [0.25, 0.3) is 0 Å². The van der Waals surface area contributed by atoms with E-state index in [1.165, 1.54) is 7.11 Å². The number of urea groups is 1. The van der Waals surface area contributed by atoms with Gasteiger partial charge in [-0.25, -0.2) is 4.79 Å². The van der Waals surface area contributed by atoms with Gasteiger partial charge in [0.05, 0.1) is 7.11 Å². The van der Waals surface area contributed by atoms with Gasteiger partial charge in [0, 0.05) is 17.8 Å². The zero-order valence-electron chi connectivity index (χ0n) is 16.4. The first-order chi connectivity index (χ1) is 14.3. The van der Waals surface area contributed by atoms with E-state index in [0.717, 1.165) is 10.5 Å². The molecule has 0 spiro atoms. The second-order valence-electron chi connectivity index (χ2n) is 7.28. The number of hydrogen-bond acceptors (Lipinski definition) is 5. The van der Waals surface area contributed by atoms with Gasteiger partial charge in [-0.05, 0) is 42.3 Å². The molecule has 2 aliphatic rings. The van der Waals surface area contributed by atoms with Crippen LogP contribution in [-0.2, 0) is 21.7 Å². The highest BCUT2D eigenvalue weighted by molar-refractivity contribution is 6.10. The third-order valence-corrected chi connectivity index (χ3v) is 5.32. The first kappa shape index (κ1) is 19.4. The Morgan fingerprint density at radius 1 is 1.17 bits per heavy atom. The Kier molecular flexibility index (Phi) is 4.65. The number of amides is 5. The summed E-state index contributed by atoms with van der Waals surface area (Å²) in [6, 6.07) is 11.1. The van der Waals surface area contributed by atoms with Crippen LogP contribution < -0.4 is 20.7 Å². The SMILES string of the molecule is COc1ccc(C2(C)NC(=O)N(CC(=O)Nc3ccc4c(c3)C(=O)NC4)C2=O)cc1. The molecule has 1 fully saturated rings. The second-order valence-corrected chi connectivity index (χ2v) is 7.28. The fourth-order valence-electron chi connectivity index (χ4n) is 3.60. The summed E-state index contributed by atoms with van der Waals surface area (Å²) in [5.41, 5.74) is 1.06. The van der Waals surface area contributed by atoms with Crippen molar-refractivity contribution in [1.82, 2.24) is 15.5 Å². The van der Waals surface area contributed by atoms with Crippen molar-refractivity contribution in [3.8, 4) is 5.75 Å². The smallest absolute Gasteiger partial charge is 0.325 e. The number of carbonyl (C=O) groups is 4. The van der Waals surface area contributed by atoms with Crippen LogP contribution in [0.2, 0.25) is 0 Å². The minimum absolute atomic E-state index is 0.203. The van der Waals surface area contributed by atoms with Crippen LogP contribution in [0, 0.1) is 0 Å². The molecule has 0 aliphatic carbocycles. The standard InChI is InChI=1S/C21H20N4O5/c1-21(13-4-7-15(30-2)8-5-13)19(28)25(20(29)24-21)11-17(26)23-14-6-3-12-10-22-18(27)16(12)9-14/h3-9H,10-11H2,1-2H3,(H,22,27)(H,23,26)(H,24,29). The molecule has 0 saturated carbocycles. The maximum absolute atomic E-state index is 13.0. The fourth-order valence-corrected chi connectivity index (χ4v) is 3.60. The summed E-state index contributed by atoms with van der Waals surface area (Å²) >= 11 is 0. The van der Waals surface area contributed by atoms with Gasteiger partial charge in [0.2, 0.25) is 5.91 Å². The Bertz CT molecular complexity index is 1070. The summed E-state index contributed by atoms with van der Waals surface area (Å²) in [7, 11) is 1.53. The van der Waals surface area contributed by atoms with Gasteiger partial charge in [-0.3, -0.25) is 19.3 Å². The lowest BCUT2D eigenvalue weighted by atomic mass is 9.92. The molecule has 1 saturated heterocycles. The van der Waals surface area contributed by atoms with Crippen LogP contribution in [0.4, 0.5) is 10.5 Å². The van der Waals surface area contributed by atoms with E-state index < -0.39 is 29.9 Å². The molecule has 2 heterocycles. The molecule has 2 aromatic carbocycles. The molecule has 1 atom stereocenters. The maximum atomic E-state index is 13.0. The van der Waals surface area contributed by atoms with Gasteiger partial charge >= 0.3 is 6.03 Å². The zero-order chi connectivity index (χ0) is 21.5. The van der Waals surface area contributed by atoms with Gasteiger partial charge in [-0.1, -0.05) is 18.2 Å². The molecule has 5 amide bonds. The molecule has 4 rings (SSSR count). The van der Waals surface area contributed by atoms with Crippen molar-refractivity contribution in [1.29, 1.82) is 0 Å². The molecule has 2 aliphatic heterocycles. The van der Waals surface area contributed by atoms with E-state index in [0.29, 0.717) is 29.1 Å². The number of fused-ring (bicyclic) bond motifs is 1. The average Bonchev–Trinajstić information content (AvgIpc) is 3.21. The van der Waals surface area contributed by atoms with Crippen molar-refractivity contribution in [2.24, 2.45) is 0 Å². The lowest BCUT2D eigenvalue weighted by Gasteiger charge is -2.22. The number of hydrogen-bond donors (Lipinski definition) is 3. The first-order valence-corrected chi connectivity index (χ1v) is 9.31.